The summed E-state index contributed by atoms with van der Waals surface area (Å²) < 4.78 is 11.0. The molecule has 1 N–H and O–H groups in total. The first-order chi connectivity index (χ1) is 11.2. The molecule has 0 unspecified atom stereocenters. The van der Waals surface area contributed by atoms with Crippen molar-refractivity contribution in [3.05, 3.63) is 29.3 Å². The fourth-order valence-corrected chi connectivity index (χ4v) is 2.55. The maximum Gasteiger partial charge on any atom is 0.226 e. The minimum Gasteiger partial charge on any atom is -0.494 e. The number of carbonyl (C=O) groups is 1. The zero-order chi connectivity index (χ0) is 16.5. The Morgan fingerprint density at radius 3 is 2.43 bits per heavy atom. The number of benzene rings is 1. The van der Waals surface area contributed by atoms with Gasteiger partial charge in [-0.1, -0.05) is 18.3 Å². The van der Waals surface area contributed by atoms with Gasteiger partial charge in [0.1, 0.15) is 16.5 Å². The normalized spacial score (nSPS) is 10.3. The van der Waals surface area contributed by atoms with Crippen molar-refractivity contribution in [2.75, 3.05) is 18.5 Å². The molecule has 0 aliphatic heterocycles. The number of aromatic nitrogens is 2. The molecule has 0 aliphatic carbocycles. The molecular weight excluding hydrogens is 314 g/mol. The molecular formula is C16H21N3O3S. The van der Waals surface area contributed by atoms with E-state index in [4.69, 9.17) is 9.47 Å². The number of nitrogens with one attached hydrogen (secondary N) is 1. The number of aryl methyl sites for hydroxylation is 1. The molecule has 0 saturated heterocycles. The minimum atomic E-state index is -0.0703. The molecule has 1 amide bonds. The SMILES string of the molecule is CCOc1ccc(OCCCC(=O)Nc2nnc(CC)s2)cc1. The molecule has 0 aliphatic rings. The van der Waals surface area contributed by atoms with Crippen LogP contribution < -0.4 is 14.8 Å². The van der Waals surface area contributed by atoms with Gasteiger partial charge in [0, 0.05) is 6.42 Å². The van der Waals surface area contributed by atoms with E-state index in [9.17, 15) is 4.79 Å². The van der Waals surface area contributed by atoms with Crippen LogP contribution in [0, 0.1) is 0 Å². The van der Waals surface area contributed by atoms with Crippen LogP contribution >= 0.6 is 11.3 Å². The molecule has 2 aromatic rings. The van der Waals surface area contributed by atoms with Gasteiger partial charge < -0.3 is 14.8 Å². The molecule has 7 heteroatoms. The number of rotatable bonds is 9. The summed E-state index contributed by atoms with van der Waals surface area (Å²) in [5.41, 5.74) is 0. The van der Waals surface area contributed by atoms with E-state index < -0.39 is 0 Å². The molecule has 2 rings (SSSR count). The summed E-state index contributed by atoms with van der Waals surface area (Å²) >= 11 is 1.41. The predicted molar refractivity (Wildman–Crippen MR) is 90.3 cm³/mol. The molecule has 0 bridgehead atoms. The largest absolute Gasteiger partial charge is 0.494 e. The number of hydrogen-bond donors (Lipinski definition) is 1. The van der Waals surface area contributed by atoms with Crippen molar-refractivity contribution in [2.24, 2.45) is 0 Å². The molecule has 1 aromatic heterocycles. The standard InChI is InChI=1S/C16H21N3O3S/c1-3-15-18-19-16(23-15)17-14(20)6-5-11-22-13-9-7-12(8-10-13)21-4-2/h7-10H,3-6,11H2,1-2H3,(H,17,19,20). The van der Waals surface area contributed by atoms with Crippen LogP contribution in [-0.4, -0.2) is 29.3 Å². The fourth-order valence-electron chi connectivity index (χ4n) is 1.85. The molecule has 0 radical (unpaired) electrons. The first-order valence-corrected chi connectivity index (χ1v) is 8.50. The van der Waals surface area contributed by atoms with Gasteiger partial charge >= 0.3 is 0 Å². The summed E-state index contributed by atoms with van der Waals surface area (Å²) in [7, 11) is 0. The average Bonchev–Trinajstić information content (AvgIpc) is 3.01. The topological polar surface area (TPSA) is 73.3 Å². The van der Waals surface area contributed by atoms with Gasteiger partial charge in [-0.2, -0.15) is 0 Å². The molecule has 0 atom stereocenters. The van der Waals surface area contributed by atoms with Crippen LogP contribution in [0.5, 0.6) is 11.5 Å². The lowest BCUT2D eigenvalue weighted by Crippen LogP contribution is -2.12. The van der Waals surface area contributed by atoms with Crippen LogP contribution in [0.1, 0.15) is 31.7 Å². The first kappa shape index (κ1) is 17.2. The minimum absolute atomic E-state index is 0.0703. The van der Waals surface area contributed by atoms with Crippen LogP contribution in [-0.2, 0) is 11.2 Å². The molecule has 1 heterocycles. The van der Waals surface area contributed by atoms with Crippen molar-refractivity contribution in [2.45, 2.75) is 33.1 Å². The van der Waals surface area contributed by atoms with Crippen molar-refractivity contribution in [3.8, 4) is 11.5 Å². The highest BCUT2D eigenvalue weighted by molar-refractivity contribution is 7.15. The highest BCUT2D eigenvalue weighted by Crippen LogP contribution is 2.18. The molecule has 0 saturated carbocycles. The van der Waals surface area contributed by atoms with E-state index in [2.05, 4.69) is 15.5 Å². The van der Waals surface area contributed by atoms with Crippen molar-refractivity contribution in [3.63, 3.8) is 0 Å². The highest BCUT2D eigenvalue weighted by Gasteiger charge is 2.07. The second kappa shape index (κ2) is 9.09. The predicted octanol–water partition coefficient (Wildman–Crippen LogP) is 3.30. The molecule has 0 fully saturated rings. The van der Waals surface area contributed by atoms with Gasteiger partial charge in [-0.15, -0.1) is 10.2 Å². The third kappa shape index (κ3) is 5.86. The summed E-state index contributed by atoms with van der Waals surface area (Å²) in [6.45, 7) is 5.08. The van der Waals surface area contributed by atoms with Crippen molar-refractivity contribution >= 4 is 22.4 Å². The molecule has 124 valence electrons. The molecule has 1 aromatic carbocycles. The van der Waals surface area contributed by atoms with E-state index in [-0.39, 0.29) is 5.91 Å². The van der Waals surface area contributed by atoms with E-state index in [0.717, 1.165) is 22.9 Å². The number of amides is 1. The van der Waals surface area contributed by atoms with Gasteiger partial charge in [0.15, 0.2) is 0 Å². The number of anilines is 1. The maximum atomic E-state index is 11.8. The Hall–Kier alpha value is -2.15. The number of hydrogen-bond acceptors (Lipinski definition) is 6. The third-order valence-electron chi connectivity index (χ3n) is 2.97. The zero-order valence-electron chi connectivity index (χ0n) is 13.4. The van der Waals surface area contributed by atoms with Crippen LogP contribution in [0.15, 0.2) is 24.3 Å². The lowest BCUT2D eigenvalue weighted by atomic mass is 10.3. The first-order valence-electron chi connectivity index (χ1n) is 7.69. The van der Waals surface area contributed by atoms with Gasteiger partial charge in [0.25, 0.3) is 0 Å². The van der Waals surface area contributed by atoms with E-state index in [1.165, 1.54) is 11.3 Å². The lowest BCUT2D eigenvalue weighted by molar-refractivity contribution is -0.116. The monoisotopic (exact) mass is 335 g/mol. The number of nitrogens with zero attached hydrogens (tertiary/aromatic N) is 2. The summed E-state index contributed by atoms with van der Waals surface area (Å²) in [5, 5.41) is 12.1. The molecule has 23 heavy (non-hydrogen) atoms. The van der Waals surface area contributed by atoms with E-state index in [1.807, 2.05) is 38.1 Å². The Balaban J connectivity index is 1.65. The van der Waals surface area contributed by atoms with E-state index in [1.54, 1.807) is 0 Å². The lowest BCUT2D eigenvalue weighted by Gasteiger charge is -2.07. The summed E-state index contributed by atoms with van der Waals surface area (Å²) in [4.78, 5) is 11.8. The van der Waals surface area contributed by atoms with Crippen molar-refractivity contribution in [1.29, 1.82) is 0 Å². The Bertz CT molecular complexity index is 613. The molecule has 6 nitrogen and oxygen atoms in total. The summed E-state index contributed by atoms with van der Waals surface area (Å²) in [5.74, 6) is 1.52. The van der Waals surface area contributed by atoms with Crippen LogP contribution in [0.25, 0.3) is 0 Å². The van der Waals surface area contributed by atoms with Crippen molar-refractivity contribution < 1.29 is 14.3 Å². The average molecular weight is 335 g/mol. The third-order valence-corrected chi connectivity index (χ3v) is 3.95. The van der Waals surface area contributed by atoms with Crippen molar-refractivity contribution in [1.82, 2.24) is 10.2 Å². The Morgan fingerprint density at radius 1 is 1.13 bits per heavy atom. The van der Waals surface area contributed by atoms with Crippen LogP contribution in [0.2, 0.25) is 0 Å². The second-order valence-corrected chi connectivity index (χ2v) is 5.82. The number of ether oxygens (including phenoxy) is 2. The van der Waals surface area contributed by atoms with E-state index in [0.29, 0.717) is 31.2 Å². The Labute approximate surface area is 139 Å². The van der Waals surface area contributed by atoms with Gasteiger partial charge in [0.05, 0.1) is 13.2 Å². The van der Waals surface area contributed by atoms with Gasteiger partial charge in [-0.25, -0.2) is 0 Å². The Morgan fingerprint density at radius 2 is 1.83 bits per heavy atom. The maximum absolute atomic E-state index is 11.8. The highest BCUT2D eigenvalue weighted by atomic mass is 32.1. The van der Waals surface area contributed by atoms with Gasteiger partial charge in [-0.05, 0) is 44.0 Å². The van der Waals surface area contributed by atoms with E-state index >= 15 is 0 Å². The van der Waals surface area contributed by atoms with Crippen LogP contribution in [0.3, 0.4) is 0 Å². The van der Waals surface area contributed by atoms with Gasteiger partial charge in [-0.3, -0.25) is 4.79 Å². The zero-order valence-corrected chi connectivity index (χ0v) is 14.2. The van der Waals surface area contributed by atoms with Crippen LogP contribution in [0.4, 0.5) is 5.13 Å². The Kier molecular flexibility index (Phi) is 6.80. The van der Waals surface area contributed by atoms with Gasteiger partial charge in [0.2, 0.25) is 11.0 Å². The second-order valence-electron chi connectivity index (χ2n) is 4.76. The fraction of sp³-hybridized carbons (Fsp3) is 0.438. The summed E-state index contributed by atoms with van der Waals surface area (Å²) in [6.07, 6.45) is 1.85. The smallest absolute Gasteiger partial charge is 0.226 e. The summed E-state index contributed by atoms with van der Waals surface area (Å²) in [6, 6.07) is 7.45. The quantitative estimate of drug-likeness (QED) is 0.712. The molecule has 0 spiro atoms. The number of carbonyl (C=O) groups excluding carboxylic acids is 1.